The van der Waals surface area contributed by atoms with Crippen LogP contribution in [0, 0.1) is 10.1 Å². The van der Waals surface area contributed by atoms with E-state index in [2.05, 4.69) is 6.58 Å². The summed E-state index contributed by atoms with van der Waals surface area (Å²) >= 11 is 0. The van der Waals surface area contributed by atoms with Crippen LogP contribution in [-0.2, 0) is 0 Å². The lowest BCUT2D eigenvalue weighted by atomic mass is 10.0. The van der Waals surface area contributed by atoms with E-state index in [1.165, 1.54) is 12.1 Å². The number of hydrogen-bond acceptors (Lipinski definition) is 4. The second-order valence-corrected chi connectivity index (χ2v) is 2.80. The molecule has 0 aliphatic carbocycles. The minimum Gasteiger partial charge on any atom is -0.393 e. The van der Waals surface area contributed by atoms with Gasteiger partial charge in [-0.05, 0) is 0 Å². The maximum Gasteiger partial charge on any atom is 0.292 e. The molecule has 0 aliphatic heterocycles. The van der Waals surface area contributed by atoms with E-state index in [9.17, 15) is 10.1 Å². The van der Waals surface area contributed by atoms with Crippen molar-refractivity contribution >= 4 is 11.4 Å². The van der Waals surface area contributed by atoms with Crippen LogP contribution in [0.25, 0.3) is 0 Å². The minimum absolute atomic E-state index is 0.102. The maximum absolute atomic E-state index is 10.5. The predicted octanol–water partition coefficient (Wildman–Crippen LogP) is 1.36. The van der Waals surface area contributed by atoms with Crippen LogP contribution in [0.2, 0.25) is 0 Å². The first kappa shape index (κ1) is 10.2. The van der Waals surface area contributed by atoms with Crippen LogP contribution in [0.15, 0.2) is 30.9 Å². The van der Waals surface area contributed by atoms with Crippen molar-refractivity contribution < 1.29 is 4.92 Å². The van der Waals surface area contributed by atoms with Crippen molar-refractivity contribution in [1.29, 1.82) is 0 Å². The topological polar surface area (TPSA) is 95.2 Å². The van der Waals surface area contributed by atoms with Crippen molar-refractivity contribution in [2.45, 2.75) is 6.04 Å². The number of benzene rings is 1. The largest absolute Gasteiger partial charge is 0.393 e. The van der Waals surface area contributed by atoms with Gasteiger partial charge < -0.3 is 11.5 Å². The van der Waals surface area contributed by atoms with E-state index < -0.39 is 11.0 Å². The van der Waals surface area contributed by atoms with Crippen molar-refractivity contribution in [2.75, 3.05) is 5.73 Å². The second kappa shape index (κ2) is 3.89. The fourth-order valence-corrected chi connectivity index (χ4v) is 1.15. The number of nitrogens with two attached hydrogens (primary N) is 2. The molecule has 0 heterocycles. The number of nitrogens with zero attached hydrogens (tertiary/aromatic N) is 1. The quantitative estimate of drug-likeness (QED) is 0.328. The standard InChI is InChI=1S/C9H11N3O2/c1-2-7(10)6-4-3-5-8(9(6)11)12(13)14/h2-5,7H,1,10-11H2/t7-/m0/s1. The molecule has 0 fully saturated rings. The molecule has 4 N–H and O–H groups in total. The number of para-hydroxylation sites is 1. The first-order valence-electron chi connectivity index (χ1n) is 3.99. The predicted molar refractivity (Wildman–Crippen MR) is 54.6 cm³/mol. The highest BCUT2D eigenvalue weighted by Crippen LogP contribution is 2.28. The maximum atomic E-state index is 10.5. The van der Waals surface area contributed by atoms with Gasteiger partial charge in [-0.25, -0.2) is 0 Å². The summed E-state index contributed by atoms with van der Waals surface area (Å²) in [6.45, 7) is 3.50. The van der Waals surface area contributed by atoms with Gasteiger partial charge in [0.1, 0.15) is 5.69 Å². The van der Waals surface area contributed by atoms with Crippen LogP contribution in [0.4, 0.5) is 11.4 Å². The molecule has 0 aliphatic rings. The van der Waals surface area contributed by atoms with Crippen molar-refractivity contribution in [1.82, 2.24) is 0 Å². The van der Waals surface area contributed by atoms with Gasteiger partial charge in [-0.2, -0.15) is 0 Å². The Balaban J connectivity index is 3.26. The Morgan fingerprint density at radius 3 is 2.71 bits per heavy atom. The highest BCUT2D eigenvalue weighted by molar-refractivity contribution is 5.64. The third kappa shape index (κ3) is 1.72. The SMILES string of the molecule is C=C[C@H](N)c1cccc([N+](=O)[O-])c1N. The first-order valence-corrected chi connectivity index (χ1v) is 3.99. The number of hydrogen-bond donors (Lipinski definition) is 2. The summed E-state index contributed by atoms with van der Waals surface area (Å²) in [7, 11) is 0. The number of rotatable bonds is 3. The van der Waals surface area contributed by atoms with Gasteiger partial charge in [-0.1, -0.05) is 18.2 Å². The molecule has 1 rings (SSSR count). The first-order chi connectivity index (χ1) is 6.57. The fourth-order valence-electron chi connectivity index (χ4n) is 1.15. The van der Waals surface area contributed by atoms with E-state index in [0.717, 1.165) is 0 Å². The summed E-state index contributed by atoms with van der Waals surface area (Å²) in [5.74, 6) is 0. The van der Waals surface area contributed by atoms with Crippen LogP contribution < -0.4 is 11.5 Å². The lowest BCUT2D eigenvalue weighted by molar-refractivity contribution is -0.383. The summed E-state index contributed by atoms with van der Waals surface area (Å²) in [6, 6.07) is 4.06. The normalized spacial score (nSPS) is 12.1. The molecule has 5 heteroatoms. The van der Waals surface area contributed by atoms with E-state index in [0.29, 0.717) is 5.56 Å². The molecule has 0 saturated heterocycles. The number of anilines is 1. The van der Waals surface area contributed by atoms with E-state index in [4.69, 9.17) is 11.5 Å². The van der Waals surface area contributed by atoms with E-state index in [1.54, 1.807) is 12.1 Å². The van der Waals surface area contributed by atoms with Gasteiger partial charge in [0.15, 0.2) is 0 Å². The number of nitro groups is 1. The molecule has 0 aromatic heterocycles. The minimum atomic E-state index is -0.533. The summed E-state index contributed by atoms with van der Waals surface area (Å²) in [4.78, 5) is 10.0. The molecule has 74 valence electrons. The summed E-state index contributed by atoms with van der Waals surface area (Å²) in [6.07, 6.45) is 1.48. The molecule has 5 nitrogen and oxygen atoms in total. The van der Waals surface area contributed by atoms with Crippen molar-refractivity contribution in [3.8, 4) is 0 Å². The molecule has 0 bridgehead atoms. The molecule has 0 spiro atoms. The zero-order chi connectivity index (χ0) is 10.7. The third-order valence-electron chi connectivity index (χ3n) is 1.93. The molecule has 0 radical (unpaired) electrons. The van der Waals surface area contributed by atoms with Crippen molar-refractivity contribution in [2.24, 2.45) is 5.73 Å². The number of nitrogen functional groups attached to an aromatic ring is 1. The molecule has 14 heavy (non-hydrogen) atoms. The Labute approximate surface area is 81.2 Å². The Hall–Kier alpha value is -1.88. The van der Waals surface area contributed by atoms with Crippen LogP contribution >= 0.6 is 0 Å². The molecular weight excluding hydrogens is 182 g/mol. The van der Waals surface area contributed by atoms with Crippen LogP contribution in [0.5, 0.6) is 0 Å². The van der Waals surface area contributed by atoms with Crippen molar-refractivity contribution in [3.05, 3.63) is 46.5 Å². The summed E-state index contributed by atoms with van der Waals surface area (Å²) < 4.78 is 0. The highest BCUT2D eigenvalue weighted by atomic mass is 16.6. The Morgan fingerprint density at radius 1 is 1.57 bits per heavy atom. The molecule has 1 atom stereocenters. The molecule has 0 unspecified atom stereocenters. The average Bonchev–Trinajstić information content (AvgIpc) is 2.16. The van der Waals surface area contributed by atoms with Gasteiger partial charge in [0, 0.05) is 11.6 Å². The summed E-state index contributed by atoms with van der Waals surface area (Å²) in [5, 5.41) is 10.5. The highest BCUT2D eigenvalue weighted by Gasteiger charge is 2.16. The average molecular weight is 193 g/mol. The smallest absolute Gasteiger partial charge is 0.292 e. The van der Waals surface area contributed by atoms with E-state index in [-0.39, 0.29) is 11.4 Å². The third-order valence-corrected chi connectivity index (χ3v) is 1.93. The molecule has 0 amide bonds. The van der Waals surface area contributed by atoms with Gasteiger partial charge in [0.2, 0.25) is 0 Å². The van der Waals surface area contributed by atoms with Crippen LogP contribution in [0.3, 0.4) is 0 Å². The van der Waals surface area contributed by atoms with Gasteiger partial charge >= 0.3 is 0 Å². The zero-order valence-corrected chi connectivity index (χ0v) is 7.51. The molecule has 0 saturated carbocycles. The Bertz CT molecular complexity index is 376. The van der Waals surface area contributed by atoms with Gasteiger partial charge in [0.25, 0.3) is 5.69 Å². The lowest BCUT2D eigenvalue weighted by Gasteiger charge is -2.09. The molecule has 1 aromatic rings. The second-order valence-electron chi connectivity index (χ2n) is 2.80. The van der Waals surface area contributed by atoms with E-state index >= 15 is 0 Å². The van der Waals surface area contributed by atoms with E-state index in [1.807, 2.05) is 0 Å². The summed E-state index contributed by atoms with van der Waals surface area (Å²) in [5.41, 5.74) is 11.7. The van der Waals surface area contributed by atoms with Gasteiger partial charge in [-0.15, -0.1) is 6.58 Å². The number of nitro benzene ring substituents is 1. The molecule has 1 aromatic carbocycles. The van der Waals surface area contributed by atoms with Gasteiger partial charge in [0.05, 0.1) is 11.0 Å². The van der Waals surface area contributed by atoms with Crippen LogP contribution in [0.1, 0.15) is 11.6 Å². The lowest BCUT2D eigenvalue weighted by Crippen LogP contribution is -2.10. The van der Waals surface area contributed by atoms with Gasteiger partial charge in [-0.3, -0.25) is 10.1 Å². The fraction of sp³-hybridized carbons (Fsp3) is 0.111. The van der Waals surface area contributed by atoms with Crippen LogP contribution in [-0.4, -0.2) is 4.92 Å². The van der Waals surface area contributed by atoms with Crippen molar-refractivity contribution in [3.63, 3.8) is 0 Å². The Morgan fingerprint density at radius 2 is 2.21 bits per heavy atom. The Kier molecular flexibility index (Phi) is 2.83. The zero-order valence-electron chi connectivity index (χ0n) is 7.51. The monoisotopic (exact) mass is 193 g/mol. The molecular formula is C9H11N3O2.